The Balaban J connectivity index is 1.95. The molecule has 0 aliphatic carbocycles. The lowest BCUT2D eigenvalue weighted by Crippen LogP contribution is -2.25. The Labute approximate surface area is 165 Å². The molecule has 0 unspecified atom stereocenters. The molecule has 1 aromatic carbocycles. The van der Waals surface area contributed by atoms with E-state index in [1.165, 1.54) is 37.5 Å². The van der Waals surface area contributed by atoms with Crippen molar-refractivity contribution in [2.45, 2.75) is 25.3 Å². The second kappa shape index (κ2) is 7.76. The van der Waals surface area contributed by atoms with Gasteiger partial charge in [-0.25, -0.2) is 18.2 Å². The molecule has 0 bridgehead atoms. The fourth-order valence-electron chi connectivity index (χ4n) is 2.72. The van der Waals surface area contributed by atoms with Crippen molar-refractivity contribution in [1.29, 1.82) is 0 Å². The van der Waals surface area contributed by atoms with Gasteiger partial charge in [0.1, 0.15) is 23.0 Å². The number of nitrogens with zero attached hydrogens (tertiary/aromatic N) is 2. The summed E-state index contributed by atoms with van der Waals surface area (Å²) in [5.74, 6) is -0.804. The molecule has 0 saturated carbocycles. The van der Waals surface area contributed by atoms with E-state index < -0.39 is 21.4 Å². The molecule has 8 nitrogen and oxygen atoms in total. The highest BCUT2D eigenvalue weighted by molar-refractivity contribution is 7.91. The van der Waals surface area contributed by atoms with Gasteiger partial charge in [0.25, 0.3) is 5.56 Å². The third-order valence-electron chi connectivity index (χ3n) is 4.11. The van der Waals surface area contributed by atoms with Crippen LogP contribution in [0.4, 0.5) is 0 Å². The smallest absolute Gasteiger partial charge is 0.342 e. The van der Waals surface area contributed by atoms with Crippen LogP contribution >= 0.6 is 11.6 Å². The van der Waals surface area contributed by atoms with Gasteiger partial charge in [-0.15, -0.1) is 0 Å². The van der Waals surface area contributed by atoms with Crippen LogP contribution in [0, 0.1) is 6.92 Å². The predicted molar refractivity (Wildman–Crippen MR) is 102 cm³/mol. The summed E-state index contributed by atoms with van der Waals surface area (Å²) in [7, 11) is -3.64. The average molecular weight is 425 g/mol. The molecular weight excluding hydrogens is 408 g/mol. The Morgan fingerprint density at radius 3 is 2.61 bits per heavy atom. The van der Waals surface area contributed by atoms with Crippen molar-refractivity contribution in [2.75, 3.05) is 12.4 Å². The molecule has 2 heterocycles. The van der Waals surface area contributed by atoms with Gasteiger partial charge < -0.3 is 9.15 Å². The Hall–Kier alpha value is -2.65. The van der Waals surface area contributed by atoms with Crippen LogP contribution in [0.1, 0.15) is 23.0 Å². The average Bonchev–Trinajstić information content (AvgIpc) is 2.98. The zero-order valence-electron chi connectivity index (χ0n) is 15.1. The maximum atomic E-state index is 12.8. The van der Waals surface area contributed by atoms with Crippen LogP contribution < -0.4 is 5.56 Å². The van der Waals surface area contributed by atoms with Gasteiger partial charge in [0, 0.05) is 11.6 Å². The molecule has 0 aliphatic rings. The number of aryl methyl sites for hydroxylation is 2. The summed E-state index contributed by atoms with van der Waals surface area (Å²) in [5, 5.41) is 0.397. The number of carbonyl (C=O) groups is 1. The number of ether oxygens (including phenoxy) is 1. The molecule has 0 saturated heterocycles. The van der Waals surface area contributed by atoms with Gasteiger partial charge in [0.05, 0.1) is 17.3 Å². The number of fused-ring (bicyclic) bond motifs is 1. The van der Waals surface area contributed by atoms with Gasteiger partial charge in [0.2, 0.25) is 5.71 Å². The lowest BCUT2D eigenvalue weighted by Gasteiger charge is -2.07. The summed E-state index contributed by atoms with van der Waals surface area (Å²) < 4.78 is 36.4. The summed E-state index contributed by atoms with van der Waals surface area (Å²) in [6.07, 6.45) is 1.19. The number of halogens is 1. The van der Waals surface area contributed by atoms with E-state index in [4.69, 9.17) is 20.8 Å². The van der Waals surface area contributed by atoms with Crippen molar-refractivity contribution in [3.8, 4) is 0 Å². The van der Waals surface area contributed by atoms with Crippen LogP contribution in [0.5, 0.6) is 0 Å². The van der Waals surface area contributed by atoms with Crippen molar-refractivity contribution >= 4 is 38.5 Å². The third-order valence-corrected chi connectivity index (χ3v) is 6.07. The molecule has 0 N–H and O–H groups in total. The summed E-state index contributed by atoms with van der Waals surface area (Å²) in [6.45, 7) is 3.17. The second-order valence-corrected chi connectivity index (χ2v) is 8.50. The van der Waals surface area contributed by atoms with E-state index in [0.29, 0.717) is 5.02 Å². The highest BCUT2D eigenvalue weighted by Crippen LogP contribution is 2.22. The molecule has 3 aromatic rings. The van der Waals surface area contributed by atoms with E-state index in [1.807, 2.05) is 0 Å². The van der Waals surface area contributed by atoms with Gasteiger partial charge in [-0.2, -0.15) is 0 Å². The fraction of sp³-hybridized carbons (Fsp3) is 0.278. The molecule has 0 spiro atoms. The molecular formula is C18H17ClN2O6S. The Morgan fingerprint density at radius 1 is 1.29 bits per heavy atom. The van der Waals surface area contributed by atoms with Crippen molar-refractivity contribution in [1.82, 2.24) is 9.55 Å². The van der Waals surface area contributed by atoms with E-state index >= 15 is 0 Å². The van der Waals surface area contributed by atoms with Gasteiger partial charge in [-0.1, -0.05) is 11.6 Å². The molecule has 3 rings (SSSR count). The van der Waals surface area contributed by atoms with Crippen molar-refractivity contribution in [2.24, 2.45) is 0 Å². The molecule has 0 atom stereocenters. The van der Waals surface area contributed by atoms with Crippen LogP contribution in [0.2, 0.25) is 5.02 Å². The normalized spacial score (nSPS) is 11.7. The van der Waals surface area contributed by atoms with Crippen LogP contribution in [0.25, 0.3) is 11.1 Å². The van der Waals surface area contributed by atoms with Crippen molar-refractivity contribution in [3.05, 3.63) is 57.3 Å². The molecule has 28 heavy (non-hydrogen) atoms. The van der Waals surface area contributed by atoms with Gasteiger partial charge in [0.15, 0.2) is 9.84 Å². The number of hydrogen-bond donors (Lipinski definition) is 0. The largest absolute Gasteiger partial charge is 0.462 e. The first-order valence-electron chi connectivity index (χ1n) is 8.38. The van der Waals surface area contributed by atoms with Crippen LogP contribution in [0.3, 0.4) is 0 Å². The zero-order valence-corrected chi connectivity index (χ0v) is 16.7. The van der Waals surface area contributed by atoms with Crippen molar-refractivity contribution in [3.63, 3.8) is 0 Å². The third kappa shape index (κ3) is 3.81. The number of esters is 1. The first-order chi connectivity index (χ1) is 13.2. The fourth-order valence-corrected chi connectivity index (χ4v) is 4.07. The lowest BCUT2D eigenvalue weighted by atomic mass is 10.2. The van der Waals surface area contributed by atoms with Gasteiger partial charge in [-0.3, -0.25) is 9.36 Å². The minimum absolute atomic E-state index is 0.00219. The van der Waals surface area contributed by atoms with E-state index in [1.54, 1.807) is 6.92 Å². The first-order valence-corrected chi connectivity index (χ1v) is 10.4. The highest BCUT2D eigenvalue weighted by Gasteiger charge is 2.24. The second-order valence-electron chi connectivity index (χ2n) is 5.95. The minimum atomic E-state index is -3.64. The number of benzene rings is 1. The Bertz CT molecular complexity index is 1200. The van der Waals surface area contributed by atoms with E-state index in [-0.39, 0.29) is 46.2 Å². The zero-order chi connectivity index (χ0) is 20.5. The SMILES string of the molecule is CCOC(=O)c1c(C)oc2ncn(CCS(=O)(=O)c3ccc(Cl)cc3)c(=O)c12. The van der Waals surface area contributed by atoms with Gasteiger partial charge in [-0.05, 0) is 38.1 Å². The number of sulfone groups is 1. The first kappa shape index (κ1) is 20.1. The number of hydrogen-bond acceptors (Lipinski definition) is 7. The quantitative estimate of drug-likeness (QED) is 0.559. The minimum Gasteiger partial charge on any atom is -0.462 e. The standard InChI is InChI=1S/C18H17ClN2O6S/c1-3-26-18(23)14-11(2)27-16-15(14)17(22)21(10-20-16)8-9-28(24,25)13-6-4-12(19)5-7-13/h4-7,10H,3,8-9H2,1-2H3. The Kier molecular flexibility index (Phi) is 5.57. The van der Waals surface area contributed by atoms with Crippen molar-refractivity contribution < 1.29 is 22.4 Å². The summed E-state index contributed by atoms with van der Waals surface area (Å²) in [6, 6.07) is 5.77. The molecule has 0 amide bonds. The topological polar surface area (TPSA) is 108 Å². The summed E-state index contributed by atoms with van der Waals surface area (Å²) in [4.78, 5) is 29.1. The van der Waals surface area contributed by atoms with Crippen LogP contribution in [-0.2, 0) is 21.1 Å². The van der Waals surface area contributed by atoms with E-state index in [9.17, 15) is 18.0 Å². The number of carbonyl (C=O) groups excluding carboxylic acids is 1. The maximum absolute atomic E-state index is 12.8. The van der Waals surface area contributed by atoms with Crippen LogP contribution in [-0.4, -0.2) is 36.3 Å². The molecule has 0 fully saturated rings. The van der Waals surface area contributed by atoms with E-state index in [0.717, 1.165) is 4.57 Å². The molecule has 2 aromatic heterocycles. The number of furan rings is 1. The molecule has 10 heteroatoms. The molecule has 0 aliphatic heterocycles. The molecule has 0 radical (unpaired) electrons. The maximum Gasteiger partial charge on any atom is 0.342 e. The van der Waals surface area contributed by atoms with E-state index in [2.05, 4.69) is 4.98 Å². The number of aromatic nitrogens is 2. The van der Waals surface area contributed by atoms with Gasteiger partial charge >= 0.3 is 5.97 Å². The summed E-state index contributed by atoms with van der Waals surface area (Å²) in [5.41, 5.74) is -0.567. The molecule has 148 valence electrons. The predicted octanol–water partition coefficient (Wildman–Crippen LogP) is 2.60. The monoisotopic (exact) mass is 424 g/mol. The Morgan fingerprint density at radius 2 is 1.96 bits per heavy atom. The summed E-state index contributed by atoms with van der Waals surface area (Å²) >= 11 is 5.78. The highest BCUT2D eigenvalue weighted by atomic mass is 35.5. The van der Waals surface area contributed by atoms with Crippen LogP contribution in [0.15, 0.2) is 44.7 Å². The number of rotatable bonds is 6. The lowest BCUT2D eigenvalue weighted by molar-refractivity contribution is 0.0526.